The lowest BCUT2D eigenvalue weighted by atomic mass is 10.2. The van der Waals surface area contributed by atoms with Crippen LogP contribution in [0.25, 0.3) is 0 Å². The molecule has 6 heteroatoms. The molecule has 0 heterocycles. The molecule has 1 rings (SSSR count). The Balaban J connectivity index is 0.00000400. The van der Waals surface area contributed by atoms with E-state index in [2.05, 4.69) is 22.5 Å². The van der Waals surface area contributed by atoms with Crippen molar-refractivity contribution in [1.82, 2.24) is 10.6 Å². The second-order valence-electron chi connectivity index (χ2n) is 4.32. The zero-order valence-electron chi connectivity index (χ0n) is 12.9. The Morgan fingerprint density at radius 1 is 1.24 bits per heavy atom. The zero-order chi connectivity index (χ0) is 14.8. The van der Waals surface area contributed by atoms with E-state index in [1.165, 1.54) is 6.07 Å². The Morgan fingerprint density at radius 3 is 2.57 bits per heavy atom. The molecule has 21 heavy (non-hydrogen) atoms. The molecule has 4 nitrogen and oxygen atoms in total. The summed E-state index contributed by atoms with van der Waals surface area (Å²) in [6, 6.07) is 4.95. The summed E-state index contributed by atoms with van der Waals surface area (Å²) in [5, 5.41) is 6.36. The van der Waals surface area contributed by atoms with Crippen LogP contribution in [0.2, 0.25) is 0 Å². The van der Waals surface area contributed by atoms with Crippen LogP contribution in [-0.4, -0.2) is 25.7 Å². The van der Waals surface area contributed by atoms with Crippen molar-refractivity contribution in [1.29, 1.82) is 0 Å². The third kappa shape index (κ3) is 7.50. The summed E-state index contributed by atoms with van der Waals surface area (Å²) >= 11 is 0. The van der Waals surface area contributed by atoms with E-state index in [-0.39, 0.29) is 35.5 Å². The van der Waals surface area contributed by atoms with Gasteiger partial charge < -0.3 is 15.4 Å². The second kappa shape index (κ2) is 11.6. The molecule has 0 atom stereocenters. The first-order valence-electron chi connectivity index (χ1n) is 7.14. The summed E-state index contributed by atoms with van der Waals surface area (Å²) in [6.07, 6.45) is 1.03. The van der Waals surface area contributed by atoms with Crippen molar-refractivity contribution in [3.63, 3.8) is 0 Å². The third-order valence-electron chi connectivity index (χ3n) is 2.60. The van der Waals surface area contributed by atoms with E-state index in [1.54, 1.807) is 6.07 Å². The van der Waals surface area contributed by atoms with Gasteiger partial charge in [0, 0.05) is 13.1 Å². The van der Waals surface area contributed by atoms with Gasteiger partial charge in [0.15, 0.2) is 17.5 Å². The van der Waals surface area contributed by atoms with Gasteiger partial charge in [-0.25, -0.2) is 9.38 Å². The van der Waals surface area contributed by atoms with E-state index >= 15 is 0 Å². The largest absolute Gasteiger partial charge is 0.491 e. The number of halogens is 2. The normalized spacial score (nSPS) is 10.8. The number of benzene rings is 1. The molecule has 0 amide bonds. The molecule has 0 fully saturated rings. The van der Waals surface area contributed by atoms with Crippen molar-refractivity contribution in [2.24, 2.45) is 4.99 Å². The number of guanidine groups is 1. The predicted molar refractivity (Wildman–Crippen MR) is 96.1 cm³/mol. The molecule has 1 aromatic rings. The van der Waals surface area contributed by atoms with Crippen molar-refractivity contribution in [3.8, 4) is 5.75 Å². The van der Waals surface area contributed by atoms with Crippen LogP contribution in [-0.2, 0) is 6.54 Å². The fourth-order valence-electron chi connectivity index (χ4n) is 1.67. The van der Waals surface area contributed by atoms with Crippen LogP contribution in [0, 0.1) is 5.82 Å². The monoisotopic (exact) mass is 409 g/mol. The van der Waals surface area contributed by atoms with Gasteiger partial charge in [-0.05, 0) is 38.0 Å². The Morgan fingerprint density at radius 2 is 2.00 bits per heavy atom. The van der Waals surface area contributed by atoms with E-state index in [1.807, 2.05) is 19.9 Å². The molecule has 1 aromatic carbocycles. The number of nitrogens with zero attached hydrogens (tertiary/aromatic N) is 1. The maximum Gasteiger partial charge on any atom is 0.191 e. The fourth-order valence-corrected chi connectivity index (χ4v) is 1.67. The van der Waals surface area contributed by atoms with Crippen LogP contribution in [0.1, 0.15) is 32.8 Å². The van der Waals surface area contributed by atoms with E-state index < -0.39 is 0 Å². The summed E-state index contributed by atoms with van der Waals surface area (Å²) in [5.74, 6) is 0.700. The van der Waals surface area contributed by atoms with Gasteiger partial charge in [-0.3, -0.25) is 0 Å². The zero-order valence-corrected chi connectivity index (χ0v) is 15.2. The quantitative estimate of drug-likeness (QED) is 0.413. The highest BCUT2D eigenvalue weighted by atomic mass is 127. The average Bonchev–Trinajstić information content (AvgIpc) is 2.45. The highest BCUT2D eigenvalue weighted by molar-refractivity contribution is 14.0. The van der Waals surface area contributed by atoms with Crippen molar-refractivity contribution < 1.29 is 9.13 Å². The van der Waals surface area contributed by atoms with Gasteiger partial charge in [0.05, 0.1) is 13.2 Å². The van der Waals surface area contributed by atoms with Gasteiger partial charge in [-0.2, -0.15) is 0 Å². The number of hydrogen-bond acceptors (Lipinski definition) is 2. The topological polar surface area (TPSA) is 45.7 Å². The number of rotatable bonds is 7. The molecule has 0 aliphatic carbocycles. The number of ether oxygens (including phenoxy) is 1. The second-order valence-corrected chi connectivity index (χ2v) is 4.32. The molecular weight excluding hydrogens is 384 g/mol. The summed E-state index contributed by atoms with van der Waals surface area (Å²) in [6.45, 7) is 8.50. The van der Waals surface area contributed by atoms with Crippen LogP contribution in [0.3, 0.4) is 0 Å². The van der Waals surface area contributed by atoms with Gasteiger partial charge in [-0.1, -0.05) is 13.0 Å². The minimum Gasteiger partial charge on any atom is -0.491 e. The van der Waals surface area contributed by atoms with Crippen molar-refractivity contribution in [3.05, 3.63) is 29.6 Å². The maximum absolute atomic E-state index is 13.7. The van der Waals surface area contributed by atoms with Crippen molar-refractivity contribution in [2.75, 3.05) is 19.7 Å². The van der Waals surface area contributed by atoms with Crippen LogP contribution < -0.4 is 15.4 Å². The molecule has 0 aliphatic rings. The predicted octanol–water partition coefficient (Wildman–Crippen LogP) is 3.31. The molecule has 0 radical (unpaired) electrons. The Bertz CT molecular complexity index is 441. The average molecular weight is 409 g/mol. The van der Waals surface area contributed by atoms with E-state index in [9.17, 15) is 4.39 Å². The first-order valence-corrected chi connectivity index (χ1v) is 7.14. The molecule has 0 spiro atoms. The van der Waals surface area contributed by atoms with E-state index in [4.69, 9.17) is 4.74 Å². The van der Waals surface area contributed by atoms with Crippen LogP contribution in [0.4, 0.5) is 4.39 Å². The molecule has 0 aromatic heterocycles. The SMILES string of the molecule is CCCNC(=NCc1ccc(OCC)c(F)c1)NCC.I. The fraction of sp³-hybridized carbons (Fsp3) is 0.533. The lowest BCUT2D eigenvalue weighted by Gasteiger charge is -2.10. The van der Waals surface area contributed by atoms with E-state index in [0.717, 1.165) is 31.0 Å². The van der Waals surface area contributed by atoms with E-state index in [0.29, 0.717) is 13.2 Å². The van der Waals surface area contributed by atoms with Gasteiger partial charge in [0.25, 0.3) is 0 Å². The van der Waals surface area contributed by atoms with Crippen LogP contribution in [0.15, 0.2) is 23.2 Å². The Hall–Kier alpha value is -1.05. The maximum atomic E-state index is 13.7. The van der Waals surface area contributed by atoms with Crippen LogP contribution >= 0.6 is 24.0 Å². The highest BCUT2D eigenvalue weighted by Crippen LogP contribution is 2.18. The smallest absolute Gasteiger partial charge is 0.191 e. The molecule has 2 N–H and O–H groups in total. The molecule has 0 saturated carbocycles. The summed E-state index contributed by atoms with van der Waals surface area (Å²) in [5.41, 5.74) is 0.819. The Kier molecular flexibility index (Phi) is 11.0. The van der Waals surface area contributed by atoms with Gasteiger partial charge in [-0.15, -0.1) is 24.0 Å². The number of hydrogen-bond donors (Lipinski definition) is 2. The first-order chi connectivity index (χ1) is 9.71. The highest BCUT2D eigenvalue weighted by Gasteiger charge is 2.04. The molecule has 0 saturated heterocycles. The molecule has 0 unspecified atom stereocenters. The molecule has 0 bridgehead atoms. The van der Waals surface area contributed by atoms with Gasteiger partial charge >= 0.3 is 0 Å². The molecule has 0 aliphatic heterocycles. The Labute approximate surface area is 143 Å². The third-order valence-corrected chi connectivity index (χ3v) is 2.60. The summed E-state index contributed by atoms with van der Waals surface area (Å²) in [7, 11) is 0. The number of aliphatic imine (C=N–C) groups is 1. The van der Waals surface area contributed by atoms with Crippen molar-refractivity contribution in [2.45, 2.75) is 33.7 Å². The minimum atomic E-state index is -0.342. The first kappa shape index (κ1) is 19.9. The number of nitrogens with one attached hydrogen (secondary N) is 2. The summed E-state index contributed by atoms with van der Waals surface area (Å²) in [4.78, 5) is 4.42. The summed E-state index contributed by atoms with van der Waals surface area (Å²) < 4.78 is 18.9. The van der Waals surface area contributed by atoms with Gasteiger partial charge in [0.2, 0.25) is 0 Å². The lowest BCUT2D eigenvalue weighted by Crippen LogP contribution is -2.37. The van der Waals surface area contributed by atoms with Gasteiger partial charge in [0.1, 0.15) is 0 Å². The minimum absolute atomic E-state index is 0. The standard InChI is InChI=1S/C15H24FN3O.HI/c1-4-9-18-15(17-5-2)19-11-12-7-8-14(20-6-3)13(16)10-12;/h7-8,10H,4-6,9,11H2,1-3H3,(H2,17,18,19);1H. The molecular formula is C15H25FIN3O. The van der Waals surface area contributed by atoms with Crippen LogP contribution in [0.5, 0.6) is 5.75 Å². The lowest BCUT2D eigenvalue weighted by molar-refractivity contribution is 0.321. The molecule has 120 valence electrons. The van der Waals surface area contributed by atoms with Crippen molar-refractivity contribution >= 4 is 29.9 Å².